The van der Waals surface area contributed by atoms with Crippen LogP contribution in [0.5, 0.6) is 0 Å². The Kier molecular flexibility index (Phi) is 3.66. The van der Waals surface area contributed by atoms with Crippen LogP contribution in [-0.2, 0) is 0 Å². The van der Waals surface area contributed by atoms with Gasteiger partial charge in [-0.25, -0.2) is 0 Å². The fraction of sp³-hybridized carbons (Fsp3) is 0.400. The minimum absolute atomic E-state index is 0.481. The van der Waals surface area contributed by atoms with Crippen molar-refractivity contribution in [3.63, 3.8) is 0 Å². The summed E-state index contributed by atoms with van der Waals surface area (Å²) in [6.07, 6.45) is 2.93. The first kappa shape index (κ1) is 7.01. The number of nitrogens with zero attached hydrogens (tertiary/aromatic N) is 1. The number of nitrogens with two attached hydrogens (primary N) is 2. The van der Waals surface area contributed by atoms with Crippen molar-refractivity contribution < 1.29 is 0 Å². The molecule has 8 heavy (non-hydrogen) atoms. The van der Waals surface area contributed by atoms with Gasteiger partial charge in [-0.15, -0.1) is 0 Å². The van der Waals surface area contributed by atoms with Crippen LogP contribution in [-0.4, -0.2) is 12.4 Å². The van der Waals surface area contributed by atoms with Crippen LogP contribution in [0.15, 0.2) is 17.3 Å². The fourth-order valence-electron chi connectivity index (χ4n) is 0.334. The van der Waals surface area contributed by atoms with Gasteiger partial charge in [0.2, 0.25) is 0 Å². The van der Waals surface area contributed by atoms with E-state index in [1.807, 2.05) is 6.92 Å². The van der Waals surface area contributed by atoms with Crippen molar-refractivity contribution in [1.29, 1.82) is 0 Å². The van der Waals surface area contributed by atoms with E-state index in [0.29, 0.717) is 12.4 Å². The molecule has 0 saturated heterocycles. The van der Waals surface area contributed by atoms with E-state index < -0.39 is 0 Å². The molecule has 0 aromatic heterocycles. The van der Waals surface area contributed by atoms with Crippen LogP contribution in [0.25, 0.3) is 0 Å². The summed E-state index contributed by atoms with van der Waals surface area (Å²) in [6.45, 7) is 2.62. The van der Waals surface area contributed by atoms with Gasteiger partial charge in [-0.1, -0.05) is 0 Å². The van der Waals surface area contributed by atoms with E-state index in [0.717, 1.165) is 0 Å². The van der Waals surface area contributed by atoms with Crippen molar-refractivity contribution in [2.24, 2.45) is 16.5 Å². The number of rotatable bonds is 2. The molecule has 0 aliphatic rings. The molecule has 0 aliphatic carbocycles. The van der Waals surface area contributed by atoms with Crippen molar-refractivity contribution in [3.8, 4) is 0 Å². The third-order valence-electron chi connectivity index (χ3n) is 0.608. The fourth-order valence-corrected chi connectivity index (χ4v) is 0.334. The Hall–Kier alpha value is -0.990. The second-order valence-corrected chi connectivity index (χ2v) is 1.26. The van der Waals surface area contributed by atoms with Crippen LogP contribution >= 0.6 is 0 Å². The molecule has 3 nitrogen and oxygen atoms in total. The van der Waals surface area contributed by atoms with Gasteiger partial charge in [-0.3, -0.25) is 4.99 Å². The maximum Gasteiger partial charge on any atom is 0.119 e. The second kappa shape index (κ2) is 4.18. The van der Waals surface area contributed by atoms with Crippen LogP contribution < -0.4 is 11.5 Å². The highest BCUT2D eigenvalue weighted by Crippen LogP contribution is 1.70. The van der Waals surface area contributed by atoms with Crippen molar-refractivity contribution in [2.75, 3.05) is 6.54 Å². The molecule has 0 atom stereocenters. The van der Waals surface area contributed by atoms with Crippen LogP contribution in [0, 0.1) is 0 Å². The molecule has 0 bridgehead atoms. The molecule has 46 valence electrons. The van der Waals surface area contributed by atoms with Crippen LogP contribution in [0.4, 0.5) is 0 Å². The van der Waals surface area contributed by atoms with Gasteiger partial charge in [0.25, 0.3) is 0 Å². The normalized spacial score (nSPS) is 12.9. The highest BCUT2D eigenvalue weighted by molar-refractivity contribution is 5.91. The lowest BCUT2D eigenvalue weighted by atomic mass is 10.5. The maximum atomic E-state index is 5.28. The Morgan fingerprint density at radius 2 is 2.38 bits per heavy atom. The minimum atomic E-state index is 0.481. The van der Waals surface area contributed by atoms with Crippen LogP contribution in [0.2, 0.25) is 0 Å². The van der Waals surface area contributed by atoms with E-state index in [9.17, 15) is 0 Å². The molecule has 0 aliphatic heterocycles. The Morgan fingerprint density at radius 1 is 1.75 bits per heavy atom. The lowest BCUT2D eigenvalue weighted by Crippen LogP contribution is -2.08. The maximum absolute atomic E-state index is 5.28. The molecule has 0 aromatic rings. The molecule has 0 amide bonds. The predicted molar refractivity (Wildman–Crippen MR) is 35.5 cm³/mol. The molecule has 4 N–H and O–H groups in total. The smallest absolute Gasteiger partial charge is 0.119 e. The Morgan fingerprint density at radius 3 is 2.75 bits per heavy atom. The summed E-state index contributed by atoms with van der Waals surface area (Å²) >= 11 is 0. The first-order valence-electron chi connectivity index (χ1n) is 2.49. The van der Waals surface area contributed by atoms with Gasteiger partial charge in [-0.05, 0) is 19.2 Å². The molecule has 0 aromatic carbocycles. The number of hydrogen-bond acceptors (Lipinski definition) is 2. The van der Waals surface area contributed by atoms with Gasteiger partial charge in [0, 0.05) is 6.54 Å². The summed E-state index contributed by atoms with van der Waals surface area (Å²) in [5.74, 6) is 0.481. The zero-order valence-electron chi connectivity index (χ0n) is 4.96. The Bertz CT molecular complexity index is 104. The molecule has 0 unspecified atom stereocenters. The summed E-state index contributed by atoms with van der Waals surface area (Å²) in [6, 6.07) is 0. The zero-order valence-corrected chi connectivity index (χ0v) is 4.96. The molecule has 0 radical (unpaired) electrons. The third kappa shape index (κ3) is 3.21. The van der Waals surface area contributed by atoms with Gasteiger partial charge in [0.15, 0.2) is 0 Å². The Labute approximate surface area is 49.1 Å². The average molecular weight is 113 g/mol. The SMILES string of the molecule is CCN=C(N)C=CN. The van der Waals surface area contributed by atoms with E-state index in [1.165, 1.54) is 6.20 Å². The van der Waals surface area contributed by atoms with E-state index in [2.05, 4.69) is 4.99 Å². The standard InChI is InChI=1S/C5H11N3/c1-2-8-5(7)3-4-6/h3-4H,2,6H2,1H3,(H2,7,8). The number of hydrogen-bond donors (Lipinski definition) is 2. The minimum Gasteiger partial charge on any atom is -0.404 e. The van der Waals surface area contributed by atoms with E-state index >= 15 is 0 Å². The first-order valence-corrected chi connectivity index (χ1v) is 2.49. The predicted octanol–water partition coefficient (Wildman–Crippen LogP) is -0.164. The number of amidine groups is 1. The summed E-state index contributed by atoms with van der Waals surface area (Å²) in [5.41, 5.74) is 10.3. The summed E-state index contributed by atoms with van der Waals surface area (Å²) in [4.78, 5) is 3.84. The van der Waals surface area contributed by atoms with Crippen LogP contribution in [0.3, 0.4) is 0 Å². The van der Waals surface area contributed by atoms with Crippen molar-refractivity contribution >= 4 is 5.84 Å². The van der Waals surface area contributed by atoms with Crippen LogP contribution in [0.1, 0.15) is 6.92 Å². The molecule has 0 heterocycles. The van der Waals surface area contributed by atoms with Crippen molar-refractivity contribution in [3.05, 3.63) is 12.3 Å². The third-order valence-corrected chi connectivity index (χ3v) is 0.608. The average Bonchev–Trinajstić information content (AvgIpc) is 1.68. The first-order chi connectivity index (χ1) is 3.81. The van der Waals surface area contributed by atoms with Gasteiger partial charge in [0.05, 0.1) is 0 Å². The molecule has 0 saturated carbocycles. The molecule has 0 fully saturated rings. The summed E-state index contributed by atoms with van der Waals surface area (Å²) < 4.78 is 0. The molecule has 0 spiro atoms. The number of aliphatic imine (C=N–C) groups is 1. The van der Waals surface area contributed by atoms with Gasteiger partial charge >= 0.3 is 0 Å². The molecule has 0 rings (SSSR count). The largest absolute Gasteiger partial charge is 0.404 e. The molecule has 3 heteroatoms. The lowest BCUT2D eigenvalue weighted by Gasteiger charge is -1.86. The Balaban J connectivity index is 3.61. The highest BCUT2D eigenvalue weighted by Gasteiger charge is 1.75. The van der Waals surface area contributed by atoms with Gasteiger partial charge in [0.1, 0.15) is 5.84 Å². The topological polar surface area (TPSA) is 64.4 Å². The van der Waals surface area contributed by atoms with Gasteiger partial charge < -0.3 is 11.5 Å². The quantitative estimate of drug-likeness (QED) is 0.386. The highest BCUT2D eigenvalue weighted by atomic mass is 14.8. The van der Waals surface area contributed by atoms with E-state index in [4.69, 9.17) is 11.5 Å². The zero-order chi connectivity index (χ0) is 6.41. The molecular formula is C5H11N3. The summed E-state index contributed by atoms with van der Waals surface area (Å²) in [5, 5.41) is 0. The van der Waals surface area contributed by atoms with E-state index in [1.54, 1.807) is 6.08 Å². The van der Waals surface area contributed by atoms with E-state index in [-0.39, 0.29) is 0 Å². The van der Waals surface area contributed by atoms with Crippen molar-refractivity contribution in [2.45, 2.75) is 6.92 Å². The second-order valence-electron chi connectivity index (χ2n) is 1.26. The monoisotopic (exact) mass is 113 g/mol. The lowest BCUT2D eigenvalue weighted by molar-refractivity contribution is 1.12. The van der Waals surface area contributed by atoms with Crippen molar-refractivity contribution in [1.82, 2.24) is 0 Å². The molecular weight excluding hydrogens is 102 g/mol. The summed E-state index contributed by atoms with van der Waals surface area (Å²) in [7, 11) is 0. The van der Waals surface area contributed by atoms with Gasteiger partial charge in [-0.2, -0.15) is 0 Å².